The summed E-state index contributed by atoms with van der Waals surface area (Å²) in [5.74, 6) is -0.127. The zero-order chi connectivity index (χ0) is 17.1. The van der Waals surface area contributed by atoms with E-state index >= 15 is 0 Å². The van der Waals surface area contributed by atoms with Crippen molar-refractivity contribution in [2.75, 3.05) is 5.32 Å². The third-order valence-electron chi connectivity index (χ3n) is 3.45. The van der Waals surface area contributed by atoms with Gasteiger partial charge in [0.25, 0.3) is 0 Å². The van der Waals surface area contributed by atoms with Crippen molar-refractivity contribution >= 4 is 23.3 Å². The summed E-state index contributed by atoms with van der Waals surface area (Å²) in [4.78, 5) is 15.3. The quantitative estimate of drug-likeness (QED) is 0.742. The Labute approximate surface area is 143 Å². The summed E-state index contributed by atoms with van der Waals surface area (Å²) in [5.41, 5.74) is 7.12. The van der Waals surface area contributed by atoms with Gasteiger partial charge >= 0.3 is 0 Å². The van der Waals surface area contributed by atoms with E-state index in [1.807, 2.05) is 43.5 Å². The first-order chi connectivity index (χ1) is 11.5. The first kappa shape index (κ1) is 15.9. The van der Waals surface area contributed by atoms with Gasteiger partial charge < -0.3 is 11.1 Å². The summed E-state index contributed by atoms with van der Waals surface area (Å²) in [6.45, 7) is 1.92. The number of primary amides is 1. The van der Waals surface area contributed by atoms with Gasteiger partial charge in [-0.15, -0.1) is 5.10 Å². The summed E-state index contributed by atoms with van der Waals surface area (Å²) in [7, 11) is 0. The van der Waals surface area contributed by atoms with Crippen molar-refractivity contribution in [3.63, 3.8) is 0 Å². The molecule has 0 spiro atoms. The molecular formula is C16H15ClN6O. The molecule has 0 aliphatic carbocycles. The zero-order valence-corrected chi connectivity index (χ0v) is 13.6. The molecule has 8 heteroatoms. The molecule has 0 aliphatic heterocycles. The van der Waals surface area contributed by atoms with Gasteiger partial charge in [0.1, 0.15) is 11.5 Å². The fourth-order valence-corrected chi connectivity index (χ4v) is 2.36. The molecule has 0 saturated carbocycles. The maximum Gasteiger partial charge on any atom is 0.250 e. The number of carbonyl (C=O) groups is 1. The van der Waals surface area contributed by atoms with Crippen LogP contribution in [-0.2, 0) is 0 Å². The second-order valence-corrected chi connectivity index (χ2v) is 5.62. The molecule has 122 valence electrons. The van der Waals surface area contributed by atoms with E-state index in [2.05, 4.69) is 20.6 Å². The minimum atomic E-state index is -0.574. The maximum atomic E-state index is 11.1. The summed E-state index contributed by atoms with van der Waals surface area (Å²) >= 11 is 6.13. The Bertz CT molecular complexity index is 864. The molecule has 0 saturated heterocycles. The summed E-state index contributed by atoms with van der Waals surface area (Å²) in [6.07, 6.45) is 3.21. The molecular weight excluding hydrogens is 328 g/mol. The molecule has 0 aliphatic rings. The van der Waals surface area contributed by atoms with Crippen LogP contribution in [-0.4, -0.2) is 25.9 Å². The van der Waals surface area contributed by atoms with Gasteiger partial charge in [0, 0.05) is 6.20 Å². The maximum absolute atomic E-state index is 11.1. The predicted molar refractivity (Wildman–Crippen MR) is 91.2 cm³/mol. The number of rotatable bonds is 5. The number of benzene rings is 1. The summed E-state index contributed by atoms with van der Waals surface area (Å²) in [6, 6.07) is 11.0. The highest BCUT2D eigenvalue weighted by Gasteiger charge is 2.14. The number of hydrogen-bond donors (Lipinski definition) is 2. The molecule has 3 N–H and O–H groups in total. The number of halogens is 1. The summed E-state index contributed by atoms with van der Waals surface area (Å²) in [5, 5.41) is 11.8. The normalized spacial score (nSPS) is 11.9. The highest BCUT2D eigenvalue weighted by molar-refractivity contribution is 6.33. The molecule has 1 atom stereocenters. The van der Waals surface area contributed by atoms with Gasteiger partial charge in [-0.3, -0.25) is 4.79 Å². The van der Waals surface area contributed by atoms with E-state index in [1.54, 1.807) is 4.68 Å². The lowest BCUT2D eigenvalue weighted by atomic mass is 10.2. The van der Waals surface area contributed by atoms with E-state index in [1.165, 1.54) is 12.3 Å². The lowest BCUT2D eigenvalue weighted by Gasteiger charge is -2.13. The van der Waals surface area contributed by atoms with Crippen LogP contribution in [0.1, 0.15) is 29.0 Å². The van der Waals surface area contributed by atoms with Gasteiger partial charge in [-0.25, -0.2) is 9.67 Å². The minimum absolute atomic E-state index is 0.174. The van der Waals surface area contributed by atoms with E-state index in [-0.39, 0.29) is 11.6 Å². The number of nitrogens with zero attached hydrogens (tertiary/aromatic N) is 4. The van der Waals surface area contributed by atoms with Gasteiger partial charge in [-0.1, -0.05) is 35.0 Å². The first-order valence-electron chi connectivity index (χ1n) is 7.24. The first-order valence-corrected chi connectivity index (χ1v) is 7.62. The molecule has 2 aromatic heterocycles. The largest absolute Gasteiger partial charge is 0.366 e. The monoisotopic (exact) mass is 342 g/mol. The number of para-hydroxylation sites is 1. The Kier molecular flexibility index (Phi) is 4.43. The van der Waals surface area contributed by atoms with E-state index < -0.39 is 5.91 Å². The average molecular weight is 343 g/mol. The Morgan fingerprint density at radius 3 is 2.75 bits per heavy atom. The van der Waals surface area contributed by atoms with Crippen LogP contribution in [0.15, 0.2) is 48.8 Å². The average Bonchev–Trinajstić information content (AvgIpc) is 3.07. The number of nitrogens with two attached hydrogens (primary N) is 1. The molecule has 0 radical (unpaired) electrons. The lowest BCUT2D eigenvalue weighted by Crippen LogP contribution is -2.13. The van der Waals surface area contributed by atoms with Crippen LogP contribution in [0.3, 0.4) is 0 Å². The van der Waals surface area contributed by atoms with E-state index in [0.717, 1.165) is 11.4 Å². The smallest absolute Gasteiger partial charge is 0.250 e. The highest BCUT2D eigenvalue weighted by atomic mass is 35.5. The van der Waals surface area contributed by atoms with Crippen LogP contribution >= 0.6 is 11.6 Å². The van der Waals surface area contributed by atoms with Gasteiger partial charge in [-0.05, 0) is 25.1 Å². The van der Waals surface area contributed by atoms with E-state index in [0.29, 0.717) is 10.8 Å². The van der Waals surface area contributed by atoms with E-state index in [9.17, 15) is 4.79 Å². The Balaban J connectivity index is 1.77. The standard InChI is InChI=1S/C16H15ClN6O/c1-10(20-16-13(17)7-11(8-19-16)15(18)24)14-9-23(22-21-14)12-5-3-2-4-6-12/h2-10H,1H3,(H2,18,24)(H,19,20). The summed E-state index contributed by atoms with van der Waals surface area (Å²) < 4.78 is 1.69. The Morgan fingerprint density at radius 1 is 1.33 bits per heavy atom. The van der Waals surface area contributed by atoms with Crippen molar-refractivity contribution < 1.29 is 4.79 Å². The van der Waals surface area contributed by atoms with Crippen molar-refractivity contribution in [2.45, 2.75) is 13.0 Å². The van der Waals surface area contributed by atoms with Gasteiger partial charge in [-0.2, -0.15) is 0 Å². The molecule has 0 fully saturated rings. The predicted octanol–water partition coefficient (Wildman–Crippen LogP) is 2.59. The number of aromatic nitrogens is 4. The number of hydrogen-bond acceptors (Lipinski definition) is 5. The molecule has 3 rings (SSSR count). The van der Waals surface area contributed by atoms with Crippen molar-refractivity contribution in [3.05, 3.63) is 65.1 Å². The van der Waals surface area contributed by atoms with Gasteiger partial charge in [0.2, 0.25) is 5.91 Å². The molecule has 1 unspecified atom stereocenters. The molecule has 1 aromatic carbocycles. The number of carbonyl (C=O) groups excluding carboxylic acids is 1. The molecule has 0 bridgehead atoms. The minimum Gasteiger partial charge on any atom is -0.366 e. The Hall–Kier alpha value is -2.93. The van der Waals surface area contributed by atoms with Crippen LogP contribution in [0.2, 0.25) is 5.02 Å². The van der Waals surface area contributed by atoms with Crippen LogP contribution in [0.4, 0.5) is 5.82 Å². The third kappa shape index (κ3) is 3.36. The molecule has 2 heterocycles. The second kappa shape index (κ2) is 6.67. The van der Waals surface area contributed by atoms with Gasteiger partial charge in [0.15, 0.2) is 0 Å². The number of pyridine rings is 1. The highest BCUT2D eigenvalue weighted by Crippen LogP contribution is 2.24. The zero-order valence-electron chi connectivity index (χ0n) is 12.8. The second-order valence-electron chi connectivity index (χ2n) is 5.21. The van der Waals surface area contributed by atoms with Crippen LogP contribution in [0.5, 0.6) is 0 Å². The van der Waals surface area contributed by atoms with Crippen molar-refractivity contribution in [1.82, 2.24) is 20.0 Å². The number of nitrogens with one attached hydrogen (secondary N) is 1. The van der Waals surface area contributed by atoms with Crippen LogP contribution < -0.4 is 11.1 Å². The molecule has 7 nitrogen and oxygen atoms in total. The fraction of sp³-hybridized carbons (Fsp3) is 0.125. The molecule has 1 amide bonds. The van der Waals surface area contributed by atoms with E-state index in [4.69, 9.17) is 17.3 Å². The van der Waals surface area contributed by atoms with Gasteiger partial charge in [0.05, 0.1) is 28.5 Å². The van der Waals surface area contributed by atoms with Crippen molar-refractivity contribution in [3.8, 4) is 5.69 Å². The topological polar surface area (TPSA) is 98.7 Å². The van der Waals surface area contributed by atoms with Crippen LogP contribution in [0.25, 0.3) is 5.69 Å². The third-order valence-corrected chi connectivity index (χ3v) is 3.74. The van der Waals surface area contributed by atoms with Crippen molar-refractivity contribution in [2.24, 2.45) is 5.73 Å². The fourth-order valence-electron chi connectivity index (χ4n) is 2.14. The molecule has 24 heavy (non-hydrogen) atoms. The Morgan fingerprint density at radius 2 is 2.08 bits per heavy atom. The number of amides is 1. The molecule has 3 aromatic rings. The van der Waals surface area contributed by atoms with Crippen molar-refractivity contribution in [1.29, 1.82) is 0 Å². The van der Waals surface area contributed by atoms with Crippen LogP contribution in [0, 0.1) is 0 Å². The SMILES string of the molecule is CC(Nc1ncc(C(N)=O)cc1Cl)c1cn(-c2ccccc2)nn1. The number of anilines is 1. The lowest BCUT2D eigenvalue weighted by molar-refractivity contribution is 0.1000.